The van der Waals surface area contributed by atoms with Crippen LogP contribution in [-0.4, -0.2) is 28.1 Å². The summed E-state index contributed by atoms with van der Waals surface area (Å²) < 4.78 is 5.30. The molecule has 0 radical (unpaired) electrons. The van der Waals surface area contributed by atoms with Gasteiger partial charge in [-0.2, -0.15) is 0 Å². The summed E-state index contributed by atoms with van der Waals surface area (Å²) in [7, 11) is 1.78. The topological polar surface area (TPSA) is 66.6 Å². The molecule has 0 unspecified atom stereocenters. The number of aromatic nitrogens is 1. The Kier molecular flexibility index (Phi) is 3.39. The highest BCUT2D eigenvalue weighted by Gasteiger charge is 2.30. The van der Waals surface area contributed by atoms with Crippen LogP contribution in [0.25, 0.3) is 22.3 Å². The fraction of sp³-hybridized carbons (Fsp3) is 0.200. The van der Waals surface area contributed by atoms with Crippen molar-refractivity contribution in [3.63, 3.8) is 0 Å². The maximum absolute atomic E-state index is 12.6. The second-order valence-electron chi connectivity index (χ2n) is 6.44. The zero-order valence-electron chi connectivity index (χ0n) is 14.3. The first-order chi connectivity index (χ1) is 12.0. The first kappa shape index (κ1) is 15.4. The summed E-state index contributed by atoms with van der Waals surface area (Å²) in [6.07, 6.45) is 0. The Morgan fingerprint density at radius 1 is 1.12 bits per heavy atom. The van der Waals surface area contributed by atoms with Crippen molar-refractivity contribution in [2.24, 2.45) is 0 Å². The van der Waals surface area contributed by atoms with E-state index in [0.717, 1.165) is 33.7 Å². The van der Waals surface area contributed by atoms with Gasteiger partial charge < -0.3 is 14.5 Å². The molecule has 2 aromatic carbocycles. The molecule has 4 rings (SSSR count). The smallest absolute Gasteiger partial charge is 0.254 e. The van der Waals surface area contributed by atoms with Gasteiger partial charge in [0, 0.05) is 24.7 Å². The Labute approximate surface area is 145 Å². The molecule has 0 fully saturated rings. The van der Waals surface area contributed by atoms with Crippen LogP contribution in [0.5, 0.6) is 5.75 Å². The number of carbonyl (C=O) groups excluding carboxylic acids is 1. The number of phenols is 1. The van der Waals surface area contributed by atoms with Gasteiger partial charge in [-0.1, -0.05) is 23.4 Å². The van der Waals surface area contributed by atoms with Crippen molar-refractivity contribution in [3.8, 4) is 28.0 Å². The Morgan fingerprint density at radius 3 is 2.56 bits per heavy atom. The summed E-state index contributed by atoms with van der Waals surface area (Å²) in [4.78, 5) is 14.3. The molecule has 0 bridgehead atoms. The lowest BCUT2D eigenvalue weighted by molar-refractivity contribution is 0.0817. The summed E-state index contributed by atoms with van der Waals surface area (Å²) in [5.41, 5.74) is 5.66. The number of aromatic hydroxyl groups is 1. The van der Waals surface area contributed by atoms with E-state index in [-0.39, 0.29) is 11.7 Å². The normalized spacial score (nSPS) is 13.4. The summed E-state index contributed by atoms with van der Waals surface area (Å²) in [5, 5.41) is 14.4. The predicted octanol–water partition coefficient (Wildman–Crippen LogP) is 3.92. The number of phenolic OH excluding ortho intramolecular Hbond substituents is 1. The summed E-state index contributed by atoms with van der Waals surface area (Å²) in [6.45, 7) is 4.32. The molecule has 0 saturated carbocycles. The van der Waals surface area contributed by atoms with Gasteiger partial charge in [0.1, 0.15) is 11.5 Å². The molecule has 2 heterocycles. The molecule has 5 nitrogen and oxygen atoms in total. The highest BCUT2D eigenvalue weighted by Crippen LogP contribution is 2.40. The van der Waals surface area contributed by atoms with E-state index in [9.17, 15) is 9.90 Å². The number of nitrogens with zero attached hydrogens (tertiary/aromatic N) is 2. The minimum absolute atomic E-state index is 0.0291. The third-order valence-electron chi connectivity index (χ3n) is 4.70. The van der Waals surface area contributed by atoms with Gasteiger partial charge in [0.25, 0.3) is 5.91 Å². The van der Waals surface area contributed by atoms with Gasteiger partial charge in [0.15, 0.2) is 0 Å². The lowest BCUT2D eigenvalue weighted by Gasteiger charge is -2.12. The van der Waals surface area contributed by atoms with Crippen LogP contribution < -0.4 is 0 Å². The number of aryl methyl sites for hydroxylation is 2. The van der Waals surface area contributed by atoms with Gasteiger partial charge >= 0.3 is 0 Å². The van der Waals surface area contributed by atoms with Crippen molar-refractivity contribution in [1.29, 1.82) is 0 Å². The maximum atomic E-state index is 12.6. The van der Waals surface area contributed by atoms with Crippen molar-refractivity contribution < 1.29 is 14.4 Å². The van der Waals surface area contributed by atoms with E-state index in [2.05, 4.69) is 5.16 Å². The standard InChI is InChI=1S/C20H18N2O3/c1-11-18(12(2)25-21-11)13-8-14-10-22(3)20(24)19(14)16(9-13)15-6-4-5-7-17(15)23/h4-9,23H,10H2,1-3H3. The number of benzene rings is 2. The molecular weight excluding hydrogens is 316 g/mol. The van der Waals surface area contributed by atoms with Crippen LogP contribution in [0.15, 0.2) is 40.9 Å². The molecular formula is C20H18N2O3. The highest BCUT2D eigenvalue weighted by atomic mass is 16.5. The number of amides is 1. The molecule has 0 atom stereocenters. The van der Waals surface area contributed by atoms with Gasteiger partial charge in [-0.3, -0.25) is 4.79 Å². The molecule has 0 saturated heterocycles. The van der Waals surface area contributed by atoms with E-state index in [1.807, 2.05) is 38.1 Å². The number of para-hydroxylation sites is 1. The van der Waals surface area contributed by atoms with Gasteiger partial charge in [-0.25, -0.2) is 0 Å². The molecule has 0 aliphatic carbocycles. The van der Waals surface area contributed by atoms with Crippen molar-refractivity contribution in [3.05, 3.63) is 59.0 Å². The minimum Gasteiger partial charge on any atom is -0.507 e. The minimum atomic E-state index is -0.0291. The third-order valence-corrected chi connectivity index (χ3v) is 4.70. The van der Waals surface area contributed by atoms with E-state index in [1.54, 1.807) is 24.1 Å². The first-order valence-electron chi connectivity index (χ1n) is 8.11. The van der Waals surface area contributed by atoms with E-state index in [1.165, 1.54) is 0 Å². The monoisotopic (exact) mass is 334 g/mol. The molecule has 1 aromatic heterocycles. The molecule has 0 spiro atoms. The van der Waals surface area contributed by atoms with Crippen molar-refractivity contribution in [2.75, 3.05) is 7.05 Å². The third kappa shape index (κ3) is 2.31. The van der Waals surface area contributed by atoms with Crippen LogP contribution in [-0.2, 0) is 6.54 Å². The van der Waals surface area contributed by atoms with Gasteiger partial charge in [0.2, 0.25) is 0 Å². The fourth-order valence-electron chi connectivity index (χ4n) is 3.55. The molecule has 1 amide bonds. The number of carbonyl (C=O) groups is 1. The van der Waals surface area contributed by atoms with Crippen molar-refractivity contribution in [1.82, 2.24) is 10.1 Å². The molecule has 126 valence electrons. The summed E-state index contributed by atoms with van der Waals surface area (Å²) >= 11 is 0. The Hall–Kier alpha value is -3.08. The van der Waals surface area contributed by atoms with Crippen LogP contribution in [0.3, 0.4) is 0 Å². The van der Waals surface area contributed by atoms with E-state index in [4.69, 9.17) is 4.52 Å². The average Bonchev–Trinajstić information content (AvgIpc) is 3.06. The molecule has 25 heavy (non-hydrogen) atoms. The average molecular weight is 334 g/mol. The van der Waals surface area contributed by atoms with Gasteiger partial charge in [-0.15, -0.1) is 0 Å². The predicted molar refractivity (Wildman–Crippen MR) is 94.3 cm³/mol. The number of hydrogen-bond acceptors (Lipinski definition) is 4. The van der Waals surface area contributed by atoms with E-state index < -0.39 is 0 Å². The number of rotatable bonds is 2. The van der Waals surface area contributed by atoms with Gasteiger partial charge in [-0.05, 0) is 48.7 Å². The molecule has 3 aromatic rings. The molecule has 1 aliphatic rings. The quantitative estimate of drug-likeness (QED) is 0.771. The van der Waals surface area contributed by atoms with Crippen LogP contribution in [0.1, 0.15) is 27.4 Å². The van der Waals surface area contributed by atoms with Crippen LogP contribution in [0, 0.1) is 13.8 Å². The Bertz CT molecular complexity index is 985. The Morgan fingerprint density at radius 2 is 1.88 bits per heavy atom. The lowest BCUT2D eigenvalue weighted by atomic mass is 9.91. The number of fused-ring (bicyclic) bond motifs is 1. The first-order valence-corrected chi connectivity index (χ1v) is 8.11. The van der Waals surface area contributed by atoms with Crippen molar-refractivity contribution >= 4 is 5.91 Å². The van der Waals surface area contributed by atoms with Crippen molar-refractivity contribution in [2.45, 2.75) is 20.4 Å². The maximum Gasteiger partial charge on any atom is 0.254 e. The largest absolute Gasteiger partial charge is 0.507 e. The summed E-state index contributed by atoms with van der Waals surface area (Å²) in [6, 6.07) is 11.0. The molecule has 1 aliphatic heterocycles. The lowest BCUT2D eigenvalue weighted by Crippen LogP contribution is -2.17. The molecule has 5 heteroatoms. The SMILES string of the molecule is Cc1noc(C)c1-c1cc2c(c(-c3ccccc3O)c1)C(=O)N(C)C2. The highest BCUT2D eigenvalue weighted by molar-refractivity contribution is 6.06. The summed E-state index contributed by atoms with van der Waals surface area (Å²) in [5.74, 6) is 0.861. The van der Waals surface area contributed by atoms with Crippen LogP contribution in [0.4, 0.5) is 0 Å². The van der Waals surface area contributed by atoms with Crippen LogP contribution in [0.2, 0.25) is 0 Å². The van der Waals surface area contributed by atoms with E-state index in [0.29, 0.717) is 17.7 Å². The zero-order chi connectivity index (χ0) is 17.7. The second-order valence-corrected chi connectivity index (χ2v) is 6.44. The van der Waals surface area contributed by atoms with Gasteiger partial charge in [0.05, 0.1) is 11.3 Å². The molecule has 1 N–H and O–H groups in total. The number of hydrogen-bond donors (Lipinski definition) is 1. The Balaban J connectivity index is 2.03. The van der Waals surface area contributed by atoms with E-state index >= 15 is 0 Å². The van der Waals surface area contributed by atoms with Crippen LogP contribution >= 0.6 is 0 Å². The second kappa shape index (κ2) is 5.48. The fourth-order valence-corrected chi connectivity index (χ4v) is 3.55. The zero-order valence-corrected chi connectivity index (χ0v) is 14.3.